The van der Waals surface area contributed by atoms with Gasteiger partial charge in [0, 0.05) is 13.0 Å². The largest absolute Gasteiger partial charge is 0.489 e. The van der Waals surface area contributed by atoms with Crippen molar-refractivity contribution in [3.05, 3.63) is 29.8 Å². The van der Waals surface area contributed by atoms with Gasteiger partial charge in [-0.05, 0) is 45.0 Å². The molecule has 0 spiro atoms. The van der Waals surface area contributed by atoms with Crippen molar-refractivity contribution >= 4 is 6.09 Å². The molecule has 128 valence electrons. The Balaban J connectivity index is 1.89. The van der Waals surface area contributed by atoms with Gasteiger partial charge >= 0.3 is 12.3 Å². The average Bonchev–Trinajstić information content (AvgIpc) is 2.85. The summed E-state index contributed by atoms with van der Waals surface area (Å²) < 4.78 is 48.4. The van der Waals surface area contributed by atoms with Crippen molar-refractivity contribution in [2.75, 3.05) is 13.1 Å². The first-order valence-corrected chi connectivity index (χ1v) is 7.36. The van der Waals surface area contributed by atoms with Gasteiger partial charge in [-0.25, -0.2) is 4.79 Å². The normalized spacial score (nSPS) is 18.9. The highest BCUT2D eigenvalue weighted by molar-refractivity contribution is 5.68. The number of ether oxygens (including phenoxy) is 2. The molecule has 2 rings (SSSR count). The van der Waals surface area contributed by atoms with Crippen LogP contribution in [0, 0.1) is 0 Å². The number of rotatable bonds is 2. The van der Waals surface area contributed by atoms with E-state index in [0.717, 1.165) is 12.1 Å². The maximum atomic E-state index is 12.5. The Morgan fingerprint density at radius 3 is 2.30 bits per heavy atom. The molecule has 1 aromatic rings. The summed E-state index contributed by atoms with van der Waals surface area (Å²) in [5, 5.41) is 0. The Kier molecular flexibility index (Phi) is 4.77. The molecule has 0 saturated carbocycles. The zero-order chi connectivity index (χ0) is 17.3. The minimum Gasteiger partial charge on any atom is -0.489 e. The molecule has 1 unspecified atom stereocenters. The van der Waals surface area contributed by atoms with Crippen LogP contribution in [-0.4, -0.2) is 35.8 Å². The second-order valence-electron chi connectivity index (χ2n) is 6.48. The number of amides is 1. The fourth-order valence-electron chi connectivity index (χ4n) is 2.23. The van der Waals surface area contributed by atoms with Crippen LogP contribution in [-0.2, 0) is 10.9 Å². The predicted octanol–water partition coefficient (Wildman–Crippen LogP) is 4.09. The highest BCUT2D eigenvalue weighted by Gasteiger charge is 2.32. The average molecular weight is 331 g/mol. The van der Waals surface area contributed by atoms with E-state index in [2.05, 4.69) is 0 Å². The van der Waals surface area contributed by atoms with Crippen LogP contribution in [0.5, 0.6) is 5.75 Å². The van der Waals surface area contributed by atoms with Crippen LogP contribution in [0.25, 0.3) is 0 Å². The SMILES string of the molecule is CC(C)(C)OC(=O)N1CCC(Oc2ccc(C(F)(F)F)cc2)C1. The summed E-state index contributed by atoms with van der Waals surface area (Å²) in [7, 11) is 0. The number of carbonyl (C=O) groups is 1. The molecule has 1 fully saturated rings. The molecule has 0 bridgehead atoms. The molecule has 23 heavy (non-hydrogen) atoms. The van der Waals surface area contributed by atoms with Crippen LogP contribution in [0.1, 0.15) is 32.8 Å². The smallest absolute Gasteiger partial charge is 0.416 e. The summed E-state index contributed by atoms with van der Waals surface area (Å²) >= 11 is 0. The van der Waals surface area contributed by atoms with Crippen molar-refractivity contribution in [3.8, 4) is 5.75 Å². The standard InChI is InChI=1S/C16H20F3NO3/c1-15(2,3)23-14(21)20-9-8-13(10-20)22-12-6-4-11(5-7-12)16(17,18)19/h4-7,13H,8-10H2,1-3H3. The lowest BCUT2D eigenvalue weighted by Gasteiger charge is -2.24. The minimum absolute atomic E-state index is 0.251. The van der Waals surface area contributed by atoms with Crippen LogP contribution in [0.2, 0.25) is 0 Å². The second-order valence-corrected chi connectivity index (χ2v) is 6.48. The molecule has 0 radical (unpaired) electrons. The van der Waals surface area contributed by atoms with E-state index in [9.17, 15) is 18.0 Å². The molecule has 1 saturated heterocycles. The maximum Gasteiger partial charge on any atom is 0.416 e. The van der Waals surface area contributed by atoms with E-state index in [0.29, 0.717) is 25.3 Å². The quantitative estimate of drug-likeness (QED) is 0.819. The van der Waals surface area contributed by atoms with Crippen LogP contribution in [0.3, 0.4) is 0 Å². The van der Waals surface area contributed by atoms with Gasteiger partial charge in [0.15, 0.2) is 0 Å². The maximum absolute atomic E-state index is 12.5. The minimum atomic E-state index is -4.36. The molecule has 0 N–H and O–H groups in total. The molecule has 1 aliphatic heterocycles. The third kappa shape index (κ3) is 5.04. The van der Waals surface area contributed by atoms with Gasteiger partial charge in [0.25, 0.3) is 0 Å². The Hall–Kier alpha value is -1.92. The van der Waals surface area contributed by atoms with Crippen molar-refractivity contribution in [2.24, 2.45) is 0 Å². The first-order chi connectivity index (χ1) is 10.5. The molecular formula is C16H20F3NO3. The van der Waals surface area contributed by atoms with Gasteiger partial charge in [0.2, 0.25) is 0 Å². The van der Waals surface area contributed by atoms with Crippen molar-refractivity contribution in [1.29, 1.82) is 0 Å². The summed E-state index contributed by atoms with van der Waals surface area (Å²) in [4.78, 5) is 13.5. The van der Waals surface area contributed by atoms with Crippen LogP contribution in [0.4, 0.5) is 18.0 Å². The van der Waals surface area contributed by atoms with Crippen molar-refractivity contribution in [1.82, 2.24) is 4.90 Å². The number of likely N-dealkylation sites (tertiary alicyclic amines) is 1. The van der Waals surface area contributed by atoms with Gasteiger partial charge in [-0.3, -0.25) is 0 Å². The third-order valence-corrected chi connectivity index (χ3v) is 3.28. The van der Waals surface area contributed by atoms with E-state index in [1.807, 2.05) is 0 Å². The topological polar surface area (TPSA) is 38.8 Å². The van der Waals surface area contributed by atoms with E-state index in [1.54, 1.807) is 25.7 Å². The molecule has 7 heteroatoms. The second kappa shape index (κ2) is 6.29. The van der Waals surface area contributed by atoms with Gasteiger partial charge in [-0.2, -0.15) is 13.2 Å². The fourth-order valence-corrected chi connectivity index (χ4v) is 2.23. The van der Waals surface area contributed by atoms with Crippen LogP contribution in [0.15, 0.2) is 24.3 Å². The molecule has 0 aliphatic carbocycles. The summed E-state index contributed by atoms with van der Waals surface area (Å²) in [6.45, 7) is 6.22. The van der Waals surface area contributed by atoms with Gasteiger partial charge in [0.1, 0.15) is 17.5 Å². The van der Waals surface area contributed by atoms with Crippen LogP contribution >= 0.6 is 0 Å². The lowest BCUT2D eigenvalue weighted by Crippen LogP contribution is -2.36. The van der Waals surface area contributed by atoms with E-state index in [1.165, 1.54) is 12.1 Å². The highest BCUT2D eigenvalue weighted by Crippen LogP contribution is 2.30. The molecular weight excluding hydrogens is 311 g/mol. The molecule has 1 heterocycles. The number of halogens is 3. The predicted molar refractivity (Wildman–Crippen MR) is 78.3 cm³/mol. The summed E-state index contributed by atoms with van der Waals surface area (Å²) in [5.74, 6) is 0.356. The Morgan fingerprint density at radius 2 is 1.78 bits per heavy atom. The zero-order valence-electron chi connectivity index (χ0n) is 13.3. The lowest BCUT2D eigenvalue weighted by molar-refractivity contribution is -0.137. The molecule has 4 nitrogen and oxygen atoms in total. The summed E-state index contributed by atoms with van der Waals surface area (Å²) in [5.41, 5.74) is -1.28. The number of carbonyl (C=O) groups excluding carboxylic acids is 1. The van der Waals surface area contributed by atoms with Crippen molar-refractivity contribution < 1.29 is 27.4 Å². The Bertz CT molecular complexity index is 549. The first-order valence-electron chi connectivity index (χ1n) is 7.36. The fraction of sp³-hybridized carbons (Fsp3) is 0.562. The summed E-state index contributed by atoms with van der Waals surface area (Å²) in [6.07, 6.45) is -4.41. The molecule has 1 aliphatic rings. The van der Waals surface area contributed by atoms with Gasteiger partial charge in [-0.1, -0.05) is 0 Å². The van der Waals surface area contributed by atoms with Gasteiger partial charge < -0.3 is 14.4 Å². The highest BCUT2D eigenvalue weighted by atomic mass is 19.4. The first kappa shape index (κ1) is 17.4. The molecule has 1 atom stereocenters. The zero-order valence-corrected chi connectivity index (χ0v) is 13.3. The number of hydrogen-bond acceptors (Lipinski definition) is 3. The molecule has 0 aromatic heterocycles. The van der Waals surface area contributed by atoms with Gasteiger partial charge in [-0.15, -0.1) is 0 Å². The number of alkyl halides is 3. The van der Waals surface area contributed by atoms with Crippen molar-refractivity contribution in [2.45, 2.75) is 45.1 Å². The number of benzene rings is 1. The van der Waals surface area contributed by atoms with E-state index in [-0.39, 0.29) is 6.10 Å². The van der Waals surface area contributed by atoms with Crippen molar-refractivity contribution in [3.63, 3.8) is 0 Å². The molecule has 1 aromatic carbocycles. The number of nitrogens with zero attached hydrogens (tertiary/aromatic N) is 1. The lowest BCUT2D eigenvalue weighted by atomic mass is 10.2. The van der Waals surface area contributed by atoms with Crippen LogP contribution < -0.4 is 4.74 Å². The molecule has 1 amide bonds. The third-order valence-electron chi connectivity index (χ3n) is 3.28. The number of hydrogen-bond donors (Lipinski definition) is 0. The Morgan fingerprint density at radius 1 is 1.17 bits per heavy atom. The Labute approximate surface area is 133 Å². The van der Waals surface area contributed by atoms with E-state index >= 15 is 0 Å². The monoisotopic (exact) mass is 331 g/mol. The van der Waals surface area contributed by atoms with E-state index in [4.69, 9.17) is 9.47 Å². The summed E-state index contributed by atoms with van der Waals surface area (Å²) in [6, 6.07) is 4.55. The van der Waals surface area contributed by atoms with Gasteiger partial charge in [0.05, 0.1) is 12.1 Å². The van der Waals surface area contributed by atoms with E-state index < -0.39 is 23.4 Å².